The van der Waals surface area contributed by atoms with Gasteiger partial charge in [0.25, 0.3) is 5.91 Å². The van der Waals surface area contributed by atoms with Crippen LogP contribution in [0.5, 0.6) is 5.75 Å². The van der Waals surface area contributed by atoms with Gasteiger partial charge in [-0.2, -0.15) is 8.78 Å². The lowest BCUT2D eigenvalue weighted by Crippen LogP contribution is -2.30. The number of hydrogen-bond acceptors (Lipinski definition) is 4. The van der Waals surface area contributed by atoms with Crippen LogP contribution in [-0.2, 0) is 20.7 Å². The number of carbonyl (C=O) groups is 2. The van der Waals surface area contributed by atoms with Gasteiger partial charge in [-0.15, -0.1) is 0 Å². The van der Waals surface area contributed by atoms with Gasteiger partial charge in [-0.05, 0) is 47.9 Å². The first kappa shape index (κ1) is 21.4. The summed E-state index contributed by atoms with van der Waals surface area (Å²) < 4.78 is 33.2. The van der Waals surface area contributed by atoms with Crippen LogP contribution in [0.1, 0.15) is 11.1 Å². The van der Waals surface area contributed by atoms with E-state index in [9.17, 15) is 18.4 Å². The zero-order valence-electron chi connectivity index (χ0n) is 14.7. The van der Waals surface area contributed by atoms with E-state index in [-0.39, 0.29) is 5.75 Å². The average molecular weight is 410 g/mol. The summed E-state index contributed by atoms with van der Waals surface area (Å²) in [5, 5.41) is 3.29. The normalized spacial score (nSPS) is 10.9. The summed E-state index contributed by atoms with van der Waals surface area (Å²) in [7, 11) is 0. The molecule has 0 saturated heterocycles. The van der Waals surface area contributed by atoms with E-state index < -0.39 is 25.1 Å². The van der Waals surface area contributed by atoms with Gasteiger partial charge >= 0.3 is 12.6 Å². The van der Waals surface area contributed by atoms with Crippen LogP contribution in [0.2, 0.25) is 5.02 Å². The van der Waals surface area contributed by atoms with Crippen molar-refractivity contribution in [1.29, 1.82) is 0 Å². The molecule has 5 nitrogen and oxygen atoms in total. The number of rotatable bonds is 9. The summed E-state index contributed by atoms with van der Waals surface area (Å²) >= 11 is 5.80. The molecule has 0 saturated carbocycles. The lowest BCUT2D eigenvalue weighted by molar-refractivity contribution is -0.143. The fraction of sp³-hybridized carbons (Fsp3) is 0.200. The third-order valence-electron chi connectivity index (χ3n) is 3.51. The van der Waals surface area contributed by atoms with Gasteiger partial charge in [-0.1, -0.05) is 35.9 Å². The molecule has 1 N–H and O–H groups in total. The highest BCUT2D eigenvalue weighted by atomic mass is 35.5. The number of ether oxygens (including phenoxy) is 2. The molecule has 0 aliphatic heterocycles. The standard InChI is InChI=1S/C20H18ClF2NO4/c21-16-6-1-15(2-7-16)11-12-24-18(25)13-27-19(26)10-5-14-3-8-17(9-4-14)28-20(22)23/h1-10,20H,11-13H2,(H,24,25)/b10-5+. The zero-order valence-corrected chi connectivity index (χ0v) is 15.5. The number of benzene rings is 2. The molecule has 2 rings (SSSR count). The quantitative estimate of drug-likeness (QED) is 0.504. The van der Waals surface area contributed by atoms with Crippen molar-refractivity contribution in [2.75, 3.05) is 13.2 Å². The maximum Gasteiger partial charge on any atom is 0.387 e. The minimum Gasteiger partial charge on any atom is -0.452 e. The van der Waals surface area contributed by atoms with E-state index in [1.54, 1.807) is 12.1 Å². The Bertz CT molecular complexity index is 808. The molecule has 0 aromatic heterocycles. The highest BCUT2D eigenvalue weighted by molar-refractivity contribution is 6.30. The molecule has 0 bridgehead atoms. The maximum absolute atomic E-state index is 12.1. The summed E-state index contributed by atoms with van der Waals surface area (Å²) in [6.45, 7) is -2.89. The molecule has 0 fully saturated rings. The van der Waals surface area contributed by atoms with Crippen molar-refractivity contribution in [3.05, 3.63) is 70.8 Å². The van der Waals surface area contributed by atoms with Gasteiger partial charge in [-0.25, -0.2) is 4.79 Å². The molecular formula is C20H18ClF2NO4. The molecule has 2 aromatic rings. The predicted octanol–water partition coefficient (Wildman–Crippen LogP) is 3.86. The van der Waals surface area contributed by atoms with Crippen LogP contribution in [0.3, 0.4) is 0 Å². The number of nitrogens with one attached hydrogen (secondary N) is 1. The van der Waals surface area contributed by atoms with Crippen molar-refractivity contribution in [1.82, 2.24) is 5.32 Å². The average Bonchev–Trinajstić information content (AvgIpc) is 2.67. The van der Waals surface area contributed by atoms with Crippen LogP contribution in [0, 0.1) is 0 Å². The molecule has 8 heteroatoms. The lowest BCUT2D eigenvalue weighted by atomic mass is 10.1. The molecular weight excluding hydrogens is 392 g/mol. The van der Waals surface area contributed by atoms with Crippen molar-refractivity contribution >= 4 is 29.6 Å². The molecule has 148 valence electrons. The zero-order chi connectivity index (χ0) is 20.4. The van der Waals surface area contributed by atoms with Gasteiger partial charge in [0.2, 0.25) is 0 Å². The van der Waals surface area contributed by atoms with E-state index in [2.05, 4.69) is 10.1 Å². The molecule has 0 atom stereocenters. The van der Waals surface area contributed by atoms with Crippen molar-refractivity contribution < 1.29 is 27.8 Å². The number of esters is 1. The van der Waals surface area contributed by atoms with E-state index in [1.165, 1.54) is 30.3 Å². The van der Waals surface area contributed by atoms with Gasteiger partial charge in [0, 0.05) is 17.6 Å². The first-order valence-electron chi connectivity index (χ1n) is 8.33. The second-order valence-electron chi connectivity index (χ2n) is 5.62. The summed E-state index contributed by atoms with van der Waals surface area (Å²) in [6.07, 6.45) is 3.21. The topological polar surface area (TPSA) is 64.6 Å². The Balaban J connectivity index is 1.67. The fourth-order valence-corrected chi connectivity index (χ4v) is 2.28. The Labute approximate surface area is 165 Å². The van der Waals surface area contributed by atoms with E-state index >= 15 is 0 Å². The molecule has 0 spiro atoms. The van der Waals surface area contributed by atoms with Gasteiger partial charge in [-0.3, -0.25) is 4.79 Å². The van der Waals surface area contributed by atoms with E-state index in [4.69, 9.17) is 16.3 Å². The second-order valence-corrected chi connectivity index (χ2v) is 6.05. The van der Waals surface area contributed by atoms with Crippen molar-refractivity contribution in [2.24, 2.45) is 0 Å². The number of hydrogen-bond donors (Lipinski definition) is 1. The monoisotopic (exact) mass is 409 g/mol. The van der Waals surface area contributed by atoms with Crippen LogP contribution in [-0.4, -0.2) is 31.6 Å². The molecule has 2 aromatic carbocycles. The minimum atomic E-state index is -2.89. The molecule has 0 heterocycles. The highest BCUT2D eigenvalue weighted by Gasteiger charge is 2.05. The Morgan fingerprint density at radius 1 is 1.07 bits per heavy atom. The van der Waals surface area contributed by atoms with Crippen LogP contribution < -0.4 is 10.1 Å². The number of amides is 1. The molecule has 0 aliphatic carbocycles. The smallest absolute Gasteiger partial charge is 0.387 e. The fourth-order valence-electron chi connectivity index (χ4n) is 2.16. The SMILES string of the molecule is O=C(COC(=O)/C=C/c1ccc(OC(F)F)cc1)NCCc1ccc(Cl)cc1. The van der Waals surface area contributed by atoms with E-state index in [0.29, 0.717) is 23.6 Å². The summed E-state index contributed by atoms with van der Waals surface area (Å²) in [6, 6.07) is 13.0. The summed E-state index contributed by atoms with van der Waals surface area (Å²) in [5.74, 6) is -1.09. The molecule has 0 unspecified atom stereocenters. The highest BCUT2D eigenvalue weighted by Crippen LogP contribution is 2.15. The Morgan fingerprint density at radius 2 is 1.75 bits per heavy atom. The number of alkyl halides is 2. The number of carbonyl (C=O) groups excluding carboxylic acids is 2. The molecule has 1 amide bonds. The molecule has 0 aliphatic rings. The van der Waals surface area contributed by atoms with Crippen molar-refractivity contribution in [3.8, 4) is 5.75 Å². The Kier molecular flexibility index (Phi) is 8.42. The Morgan fingerprint density at radius 3 is 2.39 bits per heavy atom. The summed E-state index contributed by atoms with van der Waals surface area (Å²) in [4.78, 5) is 23.3. The third-order valence-corrected chi connectivity index (χ3v) is 3.76. The van der Waals surface area contributed by atoms with Crippen LogP contribution in [0.25, 0.3) is 6.08 Å². The van der Waals surface area contributed by atoms with Gasteiger partial charge in [0.15, 0.2) is 6.61 Å². The summed E-state index contributed by atoms with van der Waals surface area (Å²) in [5.41, 5.74) is 1.61. The molecule has 28 heavy (non-hydrogen) atoms. The van der Waals surface area contributed by atoms with Crippen LogP contribution in [0.4, 0.5) is 8.78 Å². The van der Waals surface area contributed by atoms with Crippen LogP contribution in [0.15, 0.2) is 54.6 Å². The van der Waals surface area contributed by atoms with Crippen molar-refractivity contribution in [2.45, 2.75) is 13.0 Å². The third kappa shape index (κ3) is 8.18. The van der Waals surface area contributed by atoms with E-state index in [0.717, 1.165) is 11.6 Å². The first-order valence-corrected chi connectivity index (χ1v) is 8.71. The number of halogens is 3. The van der Waals surface area contributed by atoms with Gasteiger partial charge in [0.05, 0.1) is 0 Å². The van der Waals surface area contributed by atoms with Crippen molar-refractivity contribution in [3.63, 3.8) is 0 Å². The largest absolute Gasteiger partial charge is 0.452 e. The molecule has 0 radical (unpaired) electrons. The Hall–Kier alpha value is -2.93. The maximum atomic E-state index is 12.1. The van der Waals surface area contributed by atoms with E-state index in [1.807, 2.05) is 12.1 Å². The first-order chi connectivity index (χ1) is 13.4. The lowest BCUT2D eigenvalue weighted by Gasteiger charge is -2.06. The second kappa shape index (κ2) is 11.0. The minimum absolute atomic E-state index is 0.0185. The van der Waals surface area contributed by atoms with Gasteiger partial charge < -0.3 is 14.8 Å². The van der Waals surface area contributed by atoms with Gasteiger partial charge in [0.1, 0.15) is 5.75 Å². The van der Waals surface area contributed by atoms with Crippen LogP contribution >= 0.6 is 11.6 Å². The predicted molar refractivity (Wildman–Crippen MR) is 101 cm³/mol.